The summed E-state index contributed by atoms with van der Waals surface area (Å²) in [4.78, 5) is 18.9. The molecule has 23 heavy (non-hydrogen) atoms. The van der Waals surface area contributed by atoms with E-state index in [9.17, 15) is 13.2 Å². The molecule has 6 nitrogen and oxygen atoms in total. The van der Waals surface area contributed by atoms with Crippen LogP contribution in [0.15, 0.2) is 17.6 Å². The number of aryl methyl sites for hydroxylation is 1. The molecule has 1 saturated heterocycles. The first-order chi connectivity index (χ1) is 11.0. The summed E-state index contributed by atoms with van der Waals surface area (Å²) in [7, 11) is -1.08. The maximum Gasteiger partial charge on any atom is 0.233 e. The highest BCUT2D eigenvalue weighted by Gasteiger charge is 2.38. The summed E-state index contributed by atoms with van der Waals surface area (Å²) >= 11 is 1.42. The van der Waals surface area contributed by atoms with Gasteiger partial charge in [0.25, 0.3) is 0 Å². The van der Waals surface area contributed by atoms with Crippen LogP contribution >= 0.6 is 11.8 Å². The second kappa shape index (κ2) is 6.84. The molecule has 1 saturated carbocycles. The van der Waals surface area contributed by atoms with Crippen LogP contribution in [-0.2, 0) is 21.7 Å². The average Bonchev–Trinajstić information content (AvgIpc) is 3.20. The van der Waals surface area contributed by atoms with Crippen molar-refractivity contribution in [1.82, 2.24) is 14.5 Å². The minimum atomic E-state index is -2.99. The third-order valence-electron chi connectivity index (χ3n) is 4.71. The molecule has 2 heterocycles. The van der Waals surface area contributed by atoms with Crippen LogP contribution in [0.5, 0.6) is 0 Å². The average molecular weight is 358 g/mol. The molecule has 0 N–H and O–H groups in total. The summed E-state index contributed by atoms with van der Waals surface area (Å²) in [6.07, 6.45) is 8.39. The van der Waals surface area contributed by atoms with Crippen molar-refractivity contribution in [2.75, 3.05) is 17.3 Å². The van der Waals surface area contributed by atoms with Crippen molar-refractivity contribution >= 4 is 27.5 Å². The first-order valence-corrected chi connectivity index (χ1v) is 10.9. The molecule has 1 amide bonds. The minimum absolute atomic E-state index is 0.0481. The molecule has 1 aromatic heterocycles. The zero-order valence-electron chi connectivity index (χ0n) is 13.3. The summed E-state index contributed by atoms with van der Waals surface area (Å²) in [6.45, 7) is 0. The molecule has 0 unspecified atom stereocenters. The van der Waals surface area contributed by atoms with Crippen molar-refractivity contribution in [3.8, 4) is 0 Å². The van der Waals surface area contributed by atoms with Crippen LogP contribution in [0.1, 0.15) is 32.1 Å². The van der Waals surface area contributed by atoms with Gasteiger partial charge >= 0.3 is 0 Å². The number of imidazole rings is 1. The Morgan fingerprint density at radius 3 is 2.65 bits per heavy atom. The van der Waals surface area contributed by atoms with Gasteiger partial charge in [-0.2, -0.15) is 0 Å². The lowest BCUT2D eigenvalue weighted by Crippen LogP contribution is -2.47. The lowest BCUT2D eigenvalue weighted by atomic mass is 10.1. The molecule has 8 heteroatoms. The van der Waals surface area contributed by atoms with Crippen LogP contribution in [0.4, 0.5) is 0 Å². The second-order valence-electron chi connectivity index (χ2n) is 6.41. The van der Waals surface area contributed by atoms with E-state index in [0.717, 1.165) is 30.8 Å². The van der Waals surface area contributed by atoms with Crippen molar-refractivity contribution in [3.63, 3.8) is 0 Å². The van der Waals surface area contributed by atoms with Gasteiger partial charge in [0.1, 0.15) is 0 Å². The lowest BCUT2D eigenvalue weighted by Gasteiger charge is -2.34. The maximum atomic E-state index is 12.8. The van der Waals surface area contributed by atoms with Crippen molar-refractivity contribution in [2.24, 2.45) is 7.05 Å². The molecular weight excluding hydrogens is 334 g/mol. The number of hydrogen-bond donors (Lipinski definition) is 0. The maximum absolute atomic E-state index is 12.8. The van der Waals surface area contributed by atoms with E-state index in [4.69, 9.17) is 0 Å². The van der Waals surface area contributed by atoms with Gasteiger partial charge in [-0.25, -0.2) is 13.4 Å². The van der Waals surface area contributed by atoms with Gasteiger partial charge < -0.3 is 9.47 Å². The molecule has 1 atom stereocenters. The van der Waals surface area contributed by atoms with Gasteiger partial charge in [-0.05, 0) is 19.3 Å². The van der Waals surface area contributed by atoms with E-state index in [0.29, 0.717) is 12.2 Å². The number of hydrogen-bond acceptors (Lipinski definition) is 5. The van der Waals surface area contributed by atoms with Gasteiger partial charge in [-0.1, -0.05) is 24.6 Å². The Morgan fingerprint density at radius 1 is 1.35 bits per heavy atom. The van der Waals surface area contributed by atoms with E-state index in [1.54, 1.807) is 6.20 Å². The summed E-state index contributed by atoms with van der Waals surface area (Å²) in [5, 5.41) is 0.809. The highest BCUT2D eigenvalue weighted by molar-refractivity contribution is 7.99. The van der Waals surface area contributed by atoms with E-state index >= 15 is 0 Å². The number of thioether (sulfide) groups is 1. The van der Waals surface area contributed by atoms with Crippen molar-refractivity contribution in [2.45, 2.75) is 49.3 Å². The molecule has 1 aromatic rings. The van der Waals surface area contributed by atoms with Crippen LogP contribution in [-0.4, -0.2) is 58.1 Å². The van der Waals surface area contributed by atoms with Gasteiger partial charge in [-0.15, -0.1) is 0 Å². The Bertz CT molecular complexity index is 665. The molecule has 0 spiro atoms. The standard InChI is InChI=1S/C15H23N3O3S2/c1-17-8-7-16-15(17)22-10-14(19)18(12-4-2-3-5-12)13-6-9-23(20,21)11-13/h7-8,12-13H,2-6,9-11H2,1H3/t13-/m0/s1. The van der Waals surface area contributed by atoms with Gasteiger partial charge in [0, 0.05) is 31.5 Å². The second-order valence-corrected chi connectivity index (χ2v) is 9.58. The molecule has 1 aliphatic heterocycles. The van der Waals surface area contributed by atoms with E-state index in [2.05, 4.69) is 4.98 Å². The molecule has 128 valence electrons. The Hall–Kier alpha value is -1.02. The van der Waals surface area contributed by atoms with Crippen LogP contribution in [0, 0.1) is 0 Å². The fraction of sp³-hybridized carbons (Fsp3) is 0.733. The van der Waals surface area contributed by atoms with Gasteiger partial charge in [0.05, 0.1) is 17.3 Å². The van der Waals surface area contributed by atoms with Crippen LogP contribution in [0.3, 0.4) is 0 Å². The van der Waals surface area contributed by atoms with E-state index in [1.807, 2.05) is 22.7 Å². The molecule has 3 rings (SSSR count). The van der Waals surface area contributed by atoms with Crippen molar-refractivity contribution < 1.29 is 13.2 Å². The molecular formula is C15H23N3O3S2. The topological polar surface area (TPSA) is 72.3 Å². The molecule has 0 bridgehead atoms. The monoisotopic (exact) mass is 357 g/mol. The van der Waals surface area contributed by atoms with Crippen LogP contribution in [0.25, 0.3) is 0 Å². The lowest BCUT2D eigenvalue weighted by molar-refractivity contribution is -0.132. The van der Waals surface area contributed by atoms with Crippen molar-refractivity contribution in [3.05, 3.63) is 12.4 Å². The number of aromatic nitrogens is 2. The smallest absolute Gasteiger partial charge is 0.233 e. The van der Waals surface area contributed by atoms with Crippen molar-refractivity contribution in [1.29, 1.82) is 0 Å². The van der Waals surface area contributed by atoms with Gasteiger partial charge in [-0.3, -0.25) is 4.79 Å². The first kappa shape index (κ1) is 16.8. The number of carbonyl (C=O) groups excluding carboxylic acids is 1. The van der Waals surface area contributed by atoms with Crippen LogP contribution in [0.2, 0.25) is 0 Å². The molecule has 2 aliphatic rings. The third-order valence-corrected chi connectivity index (χ3v) is 7.50. The summed E-state index contributed by atoms with van der Waals surface area (Å²) < 4.78 is 25.5. The van der Waals surface area contributed by atoms with Crippen LogP contribution < -0.4 is 0 Å². The summed E-state index contributed by atoms with van der Waals surface area (Å²) in [5.41, 5.74) is 0. The van der Waals surface area contributed by atoms with E-state index in [1.165, 1.54) is 11.8 Å². The Balaban J connectivity index is 1.69. The number of sulfone groups is 1. The zero-order chi connectivity index (χ0) is 16.4. The summed E-state index contributed by atoms with van der Waals surface area (Å²) in [6, 6.07) is 0.0698. The predicted octanol–water partition coefficient (Wildman–Crippen LogP) is 1.47. The number of carbonyl (C=O) groups is 1. The van der Waals surface area contributed by atoms with Gasteiger partial charge in [0.2, 0.25) is 5.91 Å². The summed E-state index contributed by atoms with van der Waals surface area (Å²) in [5.74, 6) is 0.702. The molecule has 1 aliphatic carbocycles. The number of nitrogens with zero attached hydrogens (tertiary/aromatic N) is 3. The molecule has 0 aromatic carbocycles. The fourth-order valence-electron chi connectivity index (χ4n) is 3.57. The van der Waals surface area contributed by atoms with E-state index < -0.39 is 9.84 Å². The fourth-order valence-corrected chi connectivity index (χ4v) is 6.09. The number of amides is 1. The van der Waals surface area contributed by atoms with E-state index in [-0.39, 0.29) is 29.5 Å². The first-order valence-electron chi connectivity index (χ1n) is 8.08. The highest BCUT2D eigenvalue weighted by atomic mass is 32.2. The van der Waals surface area contributed by atoms with Gasteiger partial charge in [0.15, 0.2) is 15.0 Å². The zero-order valence-corrected chi connectivity index (χ0v) is 15.0. The minimum Gasteiger partial charge on any atom is -0.335 e. The quantitative estimate of drug-likeness (QED) is 0.746. The molecule has 2 fully saturated rings. The largest absolute Gasteiger partial charge is 0.335 e. The number of rotatable bonds is 5. The highest BCUT2D eigenvalue weighted by Crippen LogP contribution is 2.30. The normalized spacial score (nSPS) is 24.1. The molecule has 0 radical (unpaired) electrons. The Labute approximate surface area is 141 Å². The Kier molecular flexibility index (Phi) is 5.01. The Morgan fingerprint density at radius 2 is 2.09 bits per heavy atom. The SMILES string of the molecule is Cn1ccnc1SCC(=O)N(C1CCCC1)[C@H]1CCS(=O)(=O)C1. The third kappa shape index (κ3) is 3.91. The predicted molar refractivity (Wildman–Crippen MR) is 90.1 cm³/mol.